The smallest absolute Gasteiger partial charge is 0.323 e. The summed E-state index contributed by atoms with van der Waals surface area (Å²) in [6.45, 7) is 0.178. The Hall–Kier alpha value is -3.42. The summed E-state index contributed by atoms with van der Waals surface area (Å²) >= 11 is 0. The molecule has 3 rings (SSSR count). The van der Waals surface area contributed by atoms with Crippen molar-refractivity contribution in [3.63, 3.8) is 0 Å². The van der Waals surface area contributed by atoms with Crippen LogP contribution in [0.25, 0.3) is 0 Å². The van der Waals surface area contributed by atoms with Gasteiger partial charge in [0.2, 0.25) is 6.79 Å². The lowest BCUT2D eigenvalue weighted by Crippen LogP contribution is -2.19. The number of oxime groups is 1. The zero-order chi connectivity index (χ0) is 16.2. The lowest BCUT2D eigenvalue weighted by atomic mass is 10.2. The van der Waals surface area contributed by atoms with E-state index in [-0.39, 0.29) is 12.6 Å². The number of anilines is 2. The topological polar surface area (TPSA) is 118 Å². The number of benzene rings is 2. The van der Waals surface area contributed by atoms with Gasteiger partial charge in [-0.25, -0.2) is 4.79 Å². The van der Waals surface area contributed by atoms with Gasteiger partial charge in [0.05, 0.1) is 0 Å². The van der Waals surface area contributed by atoms with Crippen molar-refractivity contribution in [1.82, 2.24) is 0 Å². The van der Waals surface area contributed by atoms with Gasteiger partial charge in [-0.05, 0) is 36.4 Å². The number of fused-ring (bicyclic) bond motifs is 1. The lowest BCUT2D eigenvalue weighted by Gasteiger charge is -2.08. The quantitative estimate of drug-likeness (QED) is 0.300. The monoisotopic (exact) mass is 314 g/mol. The summed E-state index contributed by atoms with van der Waals surface area (Å²) in [6, 6.07) is 11.3. The molecule has 0 fully saturated rings. The molecule has 8 nitrogen and oxygen atoms in total. The van der Waals surface area contributed by atoms with Crippen molar-refractivity contribution < 1.29 is 19.5 Å². The van der Waals surface area contributed by atoms with Gasteiger partial charge < -0.3 is 31.0 Å². The summed E-state index contributed by atoms with van der Waals surface area (Å²) in [5.41, 5.74) is 7.17. The number of carbonyl (C=O) groups excluding carboxylic acids is 1. The van der Waals surface area contributed by atoms with Gasteiger partial charge in [0.15, 0.2) is 17.3 Å². The summed E-state index contributed by atoms with van der Waals surface area (Å²) in [4.78, 5) is 12.0. The second kappa shape index (κ2) is 6.14. The maximum Gasteiger partial charge on any atom is 0.323 e. The molecule has 8 heteroatoms. The van der Waals surface area contributed by atoms with E-state index in [0.29, 0.717) is 28.4 Å². The zero-order valence-corrected chi connectivity index (χ0v) is 11.9. The Balaban J connectivity index is 1.63. The van der Waals surface area contributed by atoms with Crippen LogP contribution in [0.3, 0.4) is 0 Å². The van der Waals surface area contributed by atoms with Gasteiger partial charge in [-0.15, -0.1) is 0 Å². The van der Waals surface area contributed by atoms with E-state index in [1.54, 1.807) is 42.5 Å². The predicted molar refractivity (Wildman–Crippen MR) is 84.2 cm³/mol. The Morgan fingerprint density at radius 1 is 1.04 bits per heavy atom. The molecule has 2 aromatic carbocycles. The minimum atomic E-state index is -0.402. The third kappa shape index (κ3) is 3.26. The highest BCUT2D eigenvalue weighted by molar-refractivity contribution is 6.01. The van der Waals surface area contributed by atoms with Crippen molar-refractivity contribution in [2.75, 3.05) is 17.4 Å². The average molecular weight is 314 g/mol. The second-order valence-electron chi connectivity index (χ2n) is 4.71. The fourth-order valence-electron chi connectivity index (χ4n) is 2.05. The van der Waals surface area contributed by atoms with Crippen molar-refractivity contribution in [3.8, 4) is 11.5 Å². The highest BCUT2D eigenvalue weighted by atomic mass is 16.7. The molecule has 0 bridgehead atoms. The fourth-order valence-corrected chi connectivity index (χ4v) is 2.05. The van der Waals surface area contributed by atoms with Gasteiger partial charge in [0, 0.05) is 23.0 Å². The SMILES string of the molecule is NC(=NO)c1ccc(NC(=O)Nc2ccc3c(c2)OCO3)cc1. The molecule has 118 valence electrons. The molecular formula is C15H14N4O4. The Kier molecular flexibility index (Phi) is 3.88. The molecule has 0 aromatic heterocycles. The number of carbonyl (C=O) groups is 1. The largest absolute Gasteiger partial charge is 0.454 e. The second-order valence-corrected chi connectivity index (χ2v) is 4.71. The van der Waals surface area contributed by atoms with Crippen molar-refractivity contribution in [1.29, 1.82) is 0 Å². The third-order valence-corrected chi connectivity index (χ3v) is 3.18. The van der Waals surface area contributed by atoms with Crippen LogP contribution in [0, 0.1) is 0 Å². The molecular weight excluding hydrogens is 300 g/mol. The summed E-state index contributed by atoms with van der Waals surface area (Å²) in [7, 11) is 0. The zero-order valence-electron chi connectivity index (χ0n) is 11.9. The van der Waals surface area contributed by atoms with Crippen LogP contribution >= 0.6 is 0 Å². The van der Waals surface area contributed by atoms with Gasteiger partial charge in [-0.1, -0.05) is 5.16 Å². The molecule has 0 atom stereocenters. The number of hydrogen-bond acceptors (Lipinski definition) is 5. The number of amides is 2. The van der Waals surface area contributed by atoms with Crippen LogP contribution in [0.1, 0.15) is 5.56 Å². The van der Waals surface area contributed by atoms with E-state index in [1.165, 1.54) is 0 Å². The number of nitrogens with two attached hydrogens (primary N) is 1. The molecule has 2 aromatic rings. The van der Waals surface area contributed by atoms with E-state index < -0.39 is 6.03 Å². The molecule has 0 aliphatic carbocycles. The van der Waals surface area contributed by atoms with E-state index in [0.717, 1.165) is 0 Å². The van der Waals surface area contributed by atoms with Crippen LogP contribution < -0.4 is 25.8 Å². The molecule has 0 saturated heterocycles. The molecule has 0 radical (unpaired) electrons. The molecule has 1 heterocycles. The summed E-state index contributed by atoms with van der Waals surface area (Å²) in [5, 5.41) is 16.9. The lowest BCUT2D eigenvalue weighted by molar-refractivity contribution is 0.174. The molecule has 0 unspecified atom stereocenters. The third-order valence-electron chi connectivity index (χ3n) is 3.18. The standard InChI is InChI=1S/C15H14N4O4/c16-14(19-21)9-1-3-10(4-2-9)17-15(20)18-11-5-6-12-13(7-11)23-8-22-12/h1-7,21H,8H2,(H2,16,19)(H2,17,18,20). The first-order valence-electron chi connectivity index (χ1n) is 6.71. The van der Waals surface area contributed by atoms with Crippen LogP contribution in [0.15, 0.2) is 47.6 Å². The van der Waals surface area contributed by atoms with Gasteiger partial charge in [0.25, 0.3) is 0 Å². The minimum absolute atomic E-state index is 0.00126. The minimum Gasteiger partial charge on any atom is -0.454 e. The van der Waals surface area contributed by atoms with Crippen LogP contribution in [-0.2, 0) is 0 Å². The molecule has 23 heavy (non-hydrogen) atoms. The highest BCUT2D eigenvalue weighted by Crippen LogP contribution is 2.34. The Labute approximate surface area is 131 Å². The van der Waals surface area contributed by atoms with Crippen molar-refractivity contribution in [3.05, 3.63) is 48.0 Å². The first kappa shape index (κ1) is 14.5. The Morgan fingerprint density at radius 2 is 1.70 bits per heavy atom. The van der Waals surface area contributed by atoms with Gasteiger partial charge in [-0.3, -0.25) is 0 Å². The number of nitrogens with one attached hydrogen (secondary N) is 2. The van der Waals surface area contributed by atoms with Crippen LogP contribution in [-0.4, -0.2) is 23.9 Å². The van der Waals surface area contributed by atoms with Gasteiger partial charge in [-0.2, -0.15) is 0 Å². The number of ether oxygens (including phenoxy) is 2. The Morgan fingerprint density at radius 3 is 2.43 bits per heavy atom. The van der Waals surface area contributed by atoms with Gasteiger partial charge in [0.1, 0.15) is 0 Å². The highest BCUT2D eigenvalue weighted by Gasteiger charge is 2.14. The summed E-state index contributed by atoms with van der Waals surface area (Å²) < 4.78 is 10.5. The average Bonchev–Trinajstić information content (AvgIpc) is 3.02. The first-order valence-corrected chi connectivity index (χ1v) is 6.71. The number of urea groups is 1. The molecule has 1 aliphatic heterocycles. The van der Waals surface area contributed by atoms with Crippen molar-refractivity contribution >= 4 is 23.2 Å². The molecule has 0 spiro atoms. The molecule has 1 aliphatic rings. The fraction of sp³-hybridized carbons (Fsp3) is 0.0667. The van der Waals surface area contributed by atoms with E-state index in [2.05, 4.69) is 15.8 Å². The van der Waals surface area contributed by atoms with Crippen LogP contribution in [0.4, 0.5) is 16.2 Å². The van der Waals surface area contributed by atoms with E-state index >= 15 is 0 Å². The predicted octanol–water partition coefficient (Wildman–Crippen LogP) is 2.15. The Bertz CT molecular complexity index is 759. The normalized spacial score (nSPS) is 12.8. The summed E-state index contributed by atoms with van der Waals surface area (Å²) in [6.07, 6.45) is 0. The van der Waals surface area contributed by atoms with E-state index in [9.17, 15) is 4.79 Å². The van der Waals surface area contributed by atoms with Crippen molar-refractivity contribution in [2.24, 2.45) is 10.9 Å². The van der Waals surface area contributed by atoms with Crippen LogP contribution in [0.5, 0.6) is 11.5 Å². The van der Waals surface area contributed by atoms with Crippen LogP contribution in [0.2, 0.25) is 0 Å². The molecule has 2 amide bonds. The van der Waals surface area contributed by atoms with Gasteiger partial charge >= 0.3 is 6.03 Å². The number of hydrogen-bond donors (Lipinski definition) is 4. The number of nitrogens with zero attached hydrogens (tertiary/aromatic N) is 1. The van der Waals surface area contributed by atoms with E-state index in [1.807, 2.05) is 0 Å². The number of amidine groups is 1. The molecule has 0 saturated carbocycles. The number of rotatable bonds is 3. The molecule has 5 N–H and O–H groups in total. The maximum atomic E-state index is 12.0. The maximum absolute atomic E-state index is 12.0. The summed E-state index contributed by atoms with van der Waals surface area (Å²) in [5.74, 6) is 1.24. The van der Waals surface area contributed by atoms with E-state index in [4.69, 9.17) is 20.4 Å². The first-order chi connectivity index (χ1) is 11.2. The van der Waals surface area contributed by atoms with Crippen molar-refractivity contribution in [2.45, 2.75) is 0 Å².